The molecule has 2 aromatic carbocycles. The van der Waals surface area contributed by atoms with Gasteiger partial charge in [-0.2, -0.15) is 0 Å². The fourth-order valence-electron chi connectivity index (χ4n) is 2.93. The molecule has 0 N–H and O–H groups in total. The van der Waals surface area contributed by atoms with Crippen molar-refractivity contribution in [2.45, 2.75) is 12.1 Å². The molecular weight excluding hydrogens is 295 g/mol. The molecule has 0 amide bonds. The number of carbonyl (C=O) groups excluding carboxylic acids is 1. The lowest BCUT2D eigenvalue weighted by Gasteiger charge is -2.33. The summed E-state index contributed by atoms with van der Waals surface area (Å²) in [7, 11) is 0. The minimum atomic E-state index is -0.616. The van der Waals surface area contributed by atoms with E-state index in [1.165, 1.54) is 12.1 Å². The highest BCUT2D eigenvalue weighted by Crippen LogP contribution is 2.41. The first-order valence-corrected chi connectivity index (χ1v) is 7.27. The van der Waals surface area contributed by atoms with Gasteiger partial charge in [0.2, 0.25) is 0 Å². The minimum absolute atomic E-state index is 0.0703. The van der Waals surface area contributed by atoms with Gasteiger partial charge in [0.1, 0.15) is 17.6 Å². The third-order valence-electron chi connectivity index (χ3n) is 3.99. The highest BCUT2D eigenvalue weighted by molar-refractivity contribution is 6.02. The third-order valence-corrected chi connectivity index (χ3v) is 3.99. The number of carbonyl (C=O) groups is 1. The van der Waals surface area contributed by atoms with Crippen LogP contribution >= 0.6 is 0 Å². The Morgan fingerprint density at radius 3 is 2.78 bits per heavy atom. The van der Waals surface area contributed by atoms with Crippen molar-refractivity contribution in [2.75, 3.05) is 0 Å². The molecule has 1 aromatic heterocycles. The van der Waals surface area contributed by atoms with Gasteiger partial charge in [0.25, 0.3) is 0 Å². The molecule has 4 rings (SSSR count). The molecule has 0 bridgehead atoms. The first kappa shape index (κ1) is 13.7. The number of Topliss-reactive ketones (excluding diaryl/α,β-unsaturated/α-hetero) is 1. The molecule has 1 aliphatic rings. The number of imidazole rings is 1. The summed E-state index contributed by atoms with van der Waals surface area (Å²) in [5.74, 6) is 0.0871. The Labute approximate surface area is 132 Å². The van der Waals surface area contributed by atoms with E-state index in [1.807, 2.05) is 6.07 Å². The summed E-state index contributed by atoms with van der Waals surface area (Å²) in [6, 6.07) is 12.6. The zero-order valence-electron chi connectivity index (χ0n) is 12.1. The topological polar surface area (TPSA) is 44.1 Å². The van der Waals surface area contributed by atoms with E-state index in [2.05, 4.69) is 4.98 Å². The lowest BCUT2D eigenvalue weighted by atomic mass is 9.91. The van der Waals surface area contributed by atoms with Crippen molar-refractivity contribution >= 4 is 5.78 Å². The van der Waals surface area contributed by atoms with Gasteiger partial charge in [-0.3, -0.25) is 4.79 Å². The Kier molecular flexibility index (Phi) is 3.19. The largest absolute Gasteiger partial charge is 0.482 e. The fourth-order valence-corrected chi connectivity index (χ4v) is 2.93. The average molecular weight is 308 g/mol. The molecule has 23 heavy (non-hydrogen) atoms. The molecule has 3 aromatic rings. The van der Waals surface area contributed by atoms with E-state index in [-0.39, 0.29) is 11.6 Å². The van der Waals surface area contributed by atoms with Crippen LogP contribution in [0.3, 0.4) is 0 Å². The van der Waals surface area contributed by atoms with E-state index >= 15 is 0 Å². The average Bonchev–Trinajstić information content (AvgIpc) is 3.09. The van der Waals surface area contributed by atoms with Crippen LogP contribution in [-0.4, -0.2) is 15.3 Å². The summed E-state index contributed by atoms with van der Waals surface area (Å²) in [4.78, 5) is 17.0. The molecule has 2 atom stereocenters. The van der Waals surface area contributed by atoms with Crippen molar-refractivity contribution < 1.29 is 13.9 Å². The van der Waals surface area contributed by atoms with Crippen molar-refractivity contribution in [3.8, 4) is 5.75 Å². The molecule has 0 fully saturated rings. The maximum absolute atomic E-state index is 13.6. The second kappa shape index (κ2) is 5.35. The van der Waals surface area contributed by atoms with E-state index in [0.717, 1.165) is 0 Å². The van der Waals surface area contributed by atoms with Crippen LogP contribution in [0.1, 0.15) is 28.1 Å². The van der Waals surface area contributed by atoms with Gasteiger partial charge in [-0.15, -0.1) is 0 Å². The molecule has 5 heteroatoms. The fraction of sp³-hybridized carbons (Fsp3) is 0.111. The predicted molar refractivity (Wildman–Crippen MR) is 81.8 cm³/mol. The SMILES string of the molecule is O=C1c2ccccc2O[C@@H](c2cccc(F)c2)[C@@H]1n1ccnc1. The van der Waals surface area contributed by atoms with Crippen LogP contribution in [-0.2, 0) is 0 Å². The number of nitrogens with zero attached hydrogens (tertiary/aromatic N) is 2. The Morgan fingerprint density at radius 2 is 2.00 bits per heavy atom. The van der Waals surface area contributed by atoms with E-state index in [9.17, 15) is 9.18 Å². The second-order valence-corrected chi connectivity index (χ2v) is 5.41. The van der Waals surface area contributed by atoms with Crippen LogP contribution in [0.2, 0.25) is 0 Å². The number of benzene rings is 2. The lowest BCUT2D eigenvalue weighted by Crippen LogP contribution is -2.33. The number of fused-ring (bicyclic) bond motifs is 1. The molecule has 0 saturated carbocycles. The van der Waals surface area contributed by atoms with E-state index in [1.54, 1.807) is 53.6 Å². The van der Waals surface area contributed by atoms with Gasteiger partial charge in [-0.25, -0.2) is 9.37 Å². The van der Waals surface area contributed by atoms with Crippen LogP contribution in [0, 0.1) is 5.82 Å². The van der Waals surface area contributed by atoms with Gasteiger partial charge >= 0.3 is 0 Å². The van der Waals surface area contributed by atoms with Gasteiger partial charge < -0.3 is 9.30 Å². The number of ketones is 1. The van der Waals surface area contributed by atoms with Crippen LogP contribution in [0.5, 0.6) is 5.75 Å². The second-order valence-electron chi connectivity index (χ2n) is 5.41. The molecule has 0 unspecified atom stereocenters. The molecule has 1 aliphatic heterocycles. The van der Waals surface area contributed by atoms with Crippen LogP contribution in [0.4, 0.5) is 4.39 Å². The highest BCUT2D eigenvalue weighted by atomic mass is 19.1. The summed E-state index contributed by atoms with van der Waals surface area (Å²) in [6.45, 7) is 0. The summed E-state index contributed by atoms with van der Waals surface area (Å²) in [5, 5.41) is 0. The van der Waals surface area contributed by atoms with Crippen LogP contribution in [0.15, 0.2) is 67.3 Å². The smallest absolute Gasteiger partial charge is 0.193 e. The number of halogens is 1. The highest BCUT2D eigenvalue weighted by Gasteiger charge is 2.39. The van der Waals surface area contributed by atoms with Gasteiger partial charge in [-0.05, 0) is 29.8 Å². The number of aromatic nitrogens is 2. The van der Waals surface area contributed by atoms with E-state index < -0.39 is 12.1 Å². The molecule has 114 valence electrons. The molecule has 0 aliphatic carbocycles. The molecule has 2 heterocycles. The zero-order chi connectivity index (χ0) is 15.8. The van der Waals surface area contributed by atoms with Crippen LogP contribution in [0.25, 0.3) is 0 Å². The molecule has 0 radical (unpaired) electrons. The molecule has 0 saturated heterocycles. The van der Waals surface area contributed by atoms with Crippen molar-refractivity contribution in [3.05, 3.63) is 84.2 Å². The number of rotatable bonds is 2. The Bertz CT molecular complexity index is 861. The first-order chi connectivity index (χ1) is 11.2. The molecular formula is C18H13FN2O2. The Hall–Kier alpha value is -2.95. The van der Waals surface area contributed by atoms with E-state index in [4.69, 9.17) is 4.74 Å². The number of hydrogen-bond acceptors (Lipinski definition) is 3. The summed E-state index contributed by atoms with van der Waals surface area (Å²) >= 11 is 0. The summed E-state index contributed by atoms with van der Waals surface area (Å²) in [5.41, 5.74) is 1.14. The maximum atomic E-state index is 13.6. The number of hydrogen-bond donors (Lipinski definition) is 0. The van der Waals surface area contributed by atoms with Crippen molar-refractivity contribution in [3.63, 3.8) is 0 Å². The van der Waals surface area contributed by atoms with Crippen LogP contribution < -0.4 is 4.74 Å². The van der Waals surface area contributed by atoms with Gasteiger partial charge in [0.15, 0.2) is 11.9 Å². The quantitative estimate of drug-likeness (QED) is 0.727. The van der Waals surface area contributed by atoms with Crippen molar-refractivity contribution in [1.82, 2.24) is 9.55 Å². The predicted octanol–water partition coefficient (Wildman–Crippen LogP) is 3.58. The maximum Gasteiger partial charge on any atom is 0.193 e. The lowest BCUT2D eigenvalue weighted by molar-refractivity contribution is 0.0676. The minimum Gasteiger partial charge on any atom is -0.482 e. The van der Waals surface area contributed by atoms with Gasteiger partial charge in [0.05, 0.1) is 11.9 Å². The van der Waals surface area contributed by atoms with Crippen molar-refractivity contribution in [2.24, 2.45) is 0 Å². The normalized spacial score (nSPS) is 20.0. The molecule has 4 nitrogen and oxygen atoms in total. The third kappa shape index (κ3) is 2.30. The first-order valence-electron chi connectivity index (χ1n) is 7.27. The number of ether oxygens (including phenoxy) is 1. The number of para-hydroxylation sites is 1. The Balaban J connectivity index is 1.87. The summed E-state index contributed by atoms with van der Waals surface area (Å²) in [6.07, 6.45) is 4.29. The monoisotopic (exact) mass is 308 g/mol. The standard InChI is InChI=1S/C18H13FN2O2/c19-13-5-3-4-12(10-13)18-16(21-9-8-20-11-21)17(22)14-6-1-2-7-15(14)23-18/h1-11,16,18H/t16-,18+/m1/s1. The van der Waals surface area contributed by atoms with Gasteiger partial charge in [0, 0.05) is 12.4 Å². The van der Waals surface area contributed by atoms with Gasteiger partial charge in [-0.1, -0.05) is 24.3 Å². The summed E-state index contributed by atoms with van der Waals surface area (Å²) < 4.78 is 21.4. The van der Waals surface area contributed by atoms with E-state index in [0.29, 0.717) is 16.9 Å². The molecule has 0 spiro atoms. The zero-order valence-corrected chi connectivity index (χ0v) is 12.1. The Morgan fingerprint density at radius 1 is 1.13 bits per heavy atom. The van der Waals surface area contributed by atoms with Crippen molar-refractivity contribution in [1.29, 1.82) is 0 Å².